The number of hydrogen-bond acceptors (Lipinski definition) is 6. The number of ether oxygens (including phenoxy) is 2. The Morgan fingerprint density at radius 3 is 2.38 bits per heavy atom. The van der Waals surface area contributed by atoms with E-state index in [-0.39, 0.29) is 39.1 Å². The van der Waals surface area contributed by atoms with Gasteiger partial charge in [0.05, 0.1) is 19.6 Å². The first-order chi connectivity index (χ1) is 9.90. The van der Waals surface area contributed by atoms with Crippen LogP contribution in [0.1, 0.15) is 19.8 Å². The van der Waals surface area contributed by atoms with E-state index in [4.69, 9.17) is 14.6 Å². The second kappa shape index (κ2) is 10.6. The zero-order chi connectivity index (χ0) is 16.3. The Balaban J connectivity index is 4.45. The van der Waals surface area contributed by atoms with Crippen LogP contribution in [0.25, 0.3) is 0 Å². The zero-order valence-corrected chi connectivity index (χ0v) is 12.1. The van der Waals surface area contributed by atoms with Crippen LogP contribution in [0.4, 0.5) is 4.79 Å². The molecular weight excluding hydrogens is 284 g/mol. The van der Waals surface area contributed by atoms with Crippen LogP contribution in [0.15, 0.2) is 0 Å². The Kier molecular flexibility index (Phi) is 9.52. The van der Waals surface area contributed by atoms with Crippen LogP contribution in [0, 0.1) is 0 Å². The van der Waals surface area contributed by atoms with Crippen molar-refractivity contribution >= 4 is 23.9 Å². The van der Waals surface area contributed by atoms with Gasteiger partial charge in [0.25, 0.3) is 0 Å². The molecule has 0 unspecified atom stereocenters. The van der Waals surface area contributed by atoms with Gasteiger partial charge in [0.2, 0.25) is 5.91 Å². The normalized spacial score (nSPS) is 9.81. The van der Waals surface area contributed by atoms with Crippen LogP contribution in [0.3, 0.4) is 0 Å². The van der Waals surface area contributed by atoms with E-state index in [2.05, 4.69) is 0 Å². The first-order valence-electron chi connectivity index (χ1n) is 6.35. The number of carboxylic acid groups (broad SMARTS) is 1. The Labute approximate surface area is 122 Å². The second-order valence-electron chi connectivity index (χ2n) is 3.97. The van der Waals surface area contributed by atoms with E-state index in [0.29, 0.717) is 0 Å². The van der Waals surface area contributed by atoms with E-state index in [9.17, 15) is 19.2 Å². The molecule has 0 aliphatic rings. The van der Waals surface area contributed by atoms with E-state index in [1.54, 1.807) is 6.92 Å². The molecule has 21 heavy (non-hydrogen) atoms. The molecule has 120 valence electrons. The number of methoxy groups -OCH3 is 1. The summed E-state index contributed by atoms with van der Waals surface area (Å²) in [4.78, 5) is 46.0. The van der Waals surface area contributed by atoms with Crippen LogP contribution in [-0.2, 0) is 23.9 Å². The molecule has 0 bridgehead atoms. The molecule has 0 aliphatic heterocycles. The van der Waals surface area contributed by atoms with Crippen molar-refractivity contribution in [2.75, 3.05) is 33.4 Å². The van der Waals surface area contributed by atoms with Gasteiger partial charge in [0.15, 0.2) is 0 Å². The summed E-state index contributed by atoms with van der Waals surface area (Å²) in [5.74, 6) is -2.48. The van der Waals surface area contributed by atoms with Crippen molar-refractivity contribution in [3.63, 3.8) is 0 Å². The van der Waals surface area contributed by atoms with Gasteiger partial charge in [-0.1, -0.05) is 0 Å². The smallest absolute Gasteiger partial charge is 0.325 e. The number of nitrogens with one attached hydrogen (secondary N) is 1. The molecule has 9 heteroatoms. The molecule has 0 fully saturated rings. The quantitative estimate of drug-likeness (QED) is 0.556. The maximum atomic E-state index is 11.8. The molecule has 0 rings (SSSR count). The van der Waals surface area contributed by atoms with Gasteiger partial charge in [-0.25, -0.2) is 4.79 Å². The van der Waals surface area contributed by atoms with Crippen molar-refractivity contribution in [3.05, 3.63) is 0 Å². The number of nitrogens with zero attached hydrogens (tertiary/aromatic N) is 1. The van der Waals surface area contributed by atoms with E-state index in [0.717, 1.165) is 4.90 Å². The van der Waals surface area contributed by atoms with Crippen molar-refractivity contribution in [1.82, 2.24) is 10.2 Å². The van der Waals surface area contributed by atoms with Crippen LogP contribution in [0.5, 0.6) is 0 Å². The lowest BCUT2D eigenvalue weighted by atomic mass is 10.3. The van der Waals surface area contributed by atoms with Gasteiger partial charge >= 0.3 is 18.0 Å². The second-order valence-corrected chi connectivity index (χ2v) is 3.97. The molecule has 0 atom stereocenters. The molecule has 0 saturated heterocycles. The molecule has 2 N–H and O–H groups in total. The van der Waals surface area contributed by atoms with E-state index < -0.39 is 23.9 Å². The lowest BCUT2D eigenvalue weighted by molar-refractivity contribution is -0.144. The number of rotatable bonds is 9. The topological polar surface area (TPSA) is 122 Å². The minimum absolute atomic E-state index is 0.0906. The molecule has 3 amide bonds. The molecule has 0 aromatic heterocycles. The number of imide groups is 1. The fourth-order valence-electron chi connectivity index (χ4n) is 1.30. The van der Waals surface area contributed by atoms with E-state index in [1.807, 2.05) is 5.32 Å². The van der Waals surface area contributed by atoms with E-state index >= 15 is 0 Å². The van der Waals surface area contributed by atoms with Gasteiger partial charge in [-0.2, -0.15) is 0 Å². The number of urea groups is 1. The highest BCUT2D eigenvalue weighted by atomic mass is 16.5. The van der Waals surface area contributed by atoms with Gasteiger partial charge in [0.1, 0.15) is 6.54 Å². The number of carbonyl (C=O) groups excluding carboxylic acids is 3. The summed E-state index contributed by atoms with van der Waals surface area (Å²) in [5.41, 5.74) is 0. The number of esters is 1. The molecule has 0 aromatic carbocycles. The monoisotopic (exact) mass is 304 g/mol. The summed E-state index contributed by atoms with van der Waals surface area (Å²) >= 11 is 0. The van der Waals surface area contributed by atoms with Gasteiger partial charge < -0.3 is 19.5 Å². The fourth-order valence-corrected chi connectivity index (χ4v) is 1.30. The molecule has 0 heterocycles. The van der Waals surface area contributed by atoms with Crippen molar-refractivity contribution in [2.45, 2.75) is 19.8 Å². The van der Waals surface area contributed by atoms with Crippen molar-refractivity contribution in [2.24, 2.45) is 0 Å². The first kappa shape index (κ1) is 18.8. The van der Waals surface area contributed by atoms with Gasteiger partial charge in [-0.05, 0) is 6.92 Å². The molecule has 0 radical (unpaired) electrons. The Morgan fingerprint density at radius 1 is 1.19 bits per heavy atom. The molecular formula is C12H20N2O7. The van der Waals surface area contributed by atoms with Gasteiger partial charge in [0, 0.05) is 20.1 Å². The summed E-state index contributed by atoms with van der Waals surface area (Å²) in [5, 5.41) is 10.5. The molecule has 9 nitrogen and oxygen atoms in total. The van der Waals surface area contributed by atoms with Crippen molar-refractivity contribution in [1.29, 1.82) is 0 Å². The minimum atomic E-state index is -1.14. The van der Waals surface area contributed by atoms with Gasteiger partial charge in [-0.15, -0.1) is 0 Å². The third-order valence-electron chi connectivity index (χ3n) is 2.29. The highest BCUT2D eigenvalue weighted by Crippen LogP contribution is 1.95. The number of carbonyl (C=O) groups is 4. The molecule has 0 aliphatic carbocycles. The number of carboxylic acids is 1. The maximum Gasteiger partial charge on any atom is 0.325 e. The standard InChI is InChI=1S/C12H20N2O7/c1-3-21-11(18)8-14(6-7-20-2)12(19)13-9(15)4-5-10(16)17/h3-8H2,1-2H3,(H,16,17)(H,13,15,19). The Morgan fingerprint density at radius 2 is 1.86 bits per heavy atom. The summed E-state index contributed by atoms with van der Waals surface area (Å²) in [6.45, 7) is 1.75. The highest BCUT2D eigenvalue weighted by Gasteiger charge is 2.19. The first-order valence-corrected chi connectivity index (χ1v) is 6.35. The summed E-state index contributed by atoms with van der Waals surface area (Å²) < 4.78 is 9.53. The van der Waals surface area contributed by atoms with Crippen LogP contribution < -0.4 is 5.32 Å². The van der Waals surface area contributed by atoms with Crippen molar-refractivity contribution in [3.8, 4) is 0 Å². The van der Waals surface area contributed by atoms with E-state index in [1.165, 1.54) is 7.11 Å². The van der Waals surface area contributed by atoms with Crippen molar-refractivity contribution < 1.29 is 33.8 Å². The third kappa shape index (κ3) is 9.38. The third-order valence-corrected chi connectivity index (χ3v) is 2.29. The molecule has 0 aromatic rings. The van der Waals surface area contributed by atoms with Crippen LogP contribution >= 0.6 is 0 Å². The predicted octanol–water partition coefficient (Wildman–Crippen LogP) is -0.401. The average molecular weight is 304 g/mol. The molecule has 0 spiro atoms. The van der Waals surface area contributed by atoms with Gasteiger partial charge in [-0.3, -0.25) is 19.7 Å². The lowest BCUT2D eigenvalue weighted by Crippen LogP contribution is -2.46. The fraction of sp³-hybridized carbons (Fsp3) is 0.667. The molecule has 0 saturated carbocycles. The Hall–Kier alpha value is -2.16. The lowest BCUT2D eigenvalue weighted by Gasteiger charge is -2.21. The number of amides is 3. The van der Waals surface area contributed by atoms with Crippen LogP contribution in [-0.4, -0.2) is 67.3 Å². The summed E-state index contributed by atoms with van der Waals surface area (Å²) in [6.07, 6.45) is -0.701. The van der Waals surface area contributed by atoms with Crippen LogP contribution in [0.2, 0.25) is 0 Å². The number of aliphatic carboxylic acids is 1. The average Bonchev–Trinajstić information content (AvgIpc) is 2.41. The highest BCUT2D eigenvalue weighted by molar-refractivity contribution is 5.96. The Bertz CT molecular complexity index is 384. The summed E-state index contributed by atoms with van der Waals surface area (Å²) in [6, 6.07) is -0.796. The SMILES string of the molecule is CCOC(=O)CN(CCOC)C(=O)NC(=O)CCC(=O)O. The largest absolute Gasteiger partial charge is 0.481 e. The number of hydrogen-bond donors (Lipinski definition) is 2. The summed E-state index contributed by atoms with van der Waals surface area (Å²) in [7, 11) is 1.43. The predicted molar refractivity (Wildman–Crippen MR) is 70.5 cm³/mol. The maximum absolute atomic E-state index is 11.8. The zero-order valence-electron chi connectivity index (χ0n) is 12.1. The minimum Gasteiger partial charge on any atom is -0.481 e.